The summed E-state index contributed by atoms with van der Waals surface area (Å²) in [5.74, 6) is 0.401. The first-order valence-electron chi connectivity index (χ1n) is 6.16. The highest BCUT2D eigenvalue weighted by atomic mass is 32.2. The lowest BCUT2D eigenvalue weighted by molar-refractivity contribution is 0.392. The molecular formula is C13H17N3O3S. The normalized spacial score (nSPS) is 11.7. The summed E-state index contributed by atoms with van der Waals surface area (Å²) in [6.45, 7) is 2.43. The summed E-state index contributed by atoms with van der Waals surface area (Å²) in [5, 5.41) is 3.67. The third kappa shape index (κ3) is 4.16. The number of benzene rings is 1. The van der Waals surface area contributed by atoms with Crippen LogP contribution in [0.4, 0.5) is 0 Å². The zero-order chi connectivity index (χ0) is 14.6. The number of hydrogen-bond donors (Lipinski definition) is 2. The van der Waals surface area contributed by atoms with E-state index in [-0.39, 0.29) is 12.3 Å². The van der Waals surface area contributed by atoms with Gasteiger partial charge in [0.1, 0.15) is 17.2 Å². The molecule has 0 aliphatic rings. The molecule has 0 unspecified atom stereocenters. The summed E-state index contributed by atoms with van der Waals surface area (Å²) < 4.78 is 31.2. The predicted octanol–water partition coefficient (Wildman–Crippen LogP) is 1.06. The largest absolute Gasteiger partial charge is 0.361 e. The Morgan fingerprint density at radius 3 is 2.45 bits per heavy atom. The highest BCUT2D eigenvalue weighted by molar-refractivity contribution is 7.88. The first-order chi connectivity index (χ1) is 9.48. The van der Waals surface area contributed by atoms with Crippen molar-refractivity contribution in [3.63, 3.8) is 0 Å². The standard InChI is InChI=1S/C13H17N3O3S/c1-10-6-13(16-19-10)9-20(17,18)15-8-12-4-2-11(7-14)3-5-12/h2-6,15H,7-9,14H2,1H3. The molecule has 0 amide bonds. The van der Waals surface area contributed by atoms with Gasteiger partial charge < -0.3 is 10.3 Å². The first kappa shape index (κ1) is 14.7. The van der Waals surface area contributed by atoms with Gasteiger partial charge in [-0.05, 0) is 18.1 Å². The first-order valence-corrected chi connectivity index (χ1v) is 7.81. The molecule has 7 heteroatoms. The monoisotopic (exact) mass is 295 g/mol. The van der Waals surface area contributed by atoms with Gasteiger partial charge in [-0.25, -0.2) is 13.1 Å². The Balaban J connectivity index is 1.94. The summed E-state index contributed by atoms with van der Waals surface area (Å²) in [5.41, 5.74) is 7.79. The molecule has 20 heavy (non-hydrogen) atoms. The minimum Gasteiger partial charge on any atom is -0.361 e. The minimum atomic E-state index is -3.43. The third-order valence-electron chi connectivity index (χ3n) is 2.77. The molecule has 0 fully saturated rings. The van der Waals surface area contributed by atoms with Crippen molar-refractivity contribution in [3.05, 3.63) is 52.9 Å². The SMILES string of the molecule is Cc1cc(CS(=O)(=O)NCc2ccc(CN)cc2)no1. The van der Waals surface area contributed by atoms with E-state index in [1.165, 1.54) is 0 Å². The number of nitrogens with one attached hydrogen (secondary N) is 1. The van der Waals surface area contributed by atoms with Gasteiger partial charge in [0.05, 0.1) is 0 Å². The van der Waals surface area contributed by atoms with Crippen LogP contribution in [0, 0.1) is 6.92 Å². The number of aromatic nitrogens is 1. The summed E-state index contributed by atoms with van der Waals surface area (Å²) >= 11 is 0. The Kier molecular flexibility index (Phi) is 4.53. The van der Waals surface area contributed by atoms with E-state index in [4.69, 9.17) is 10.3 Å². The molecule has 0 aliphatic carbocycles. The van der Waals surface area contributed by atoms with Crippen molar-refractivity contribution in [2.24, 2.45) is 5.73 Å². The molecule has 0 atom stereocenters. The van der Waals surface area contributed by atoms with E-state index in [1.54, 1.807) is 13.0 Å². The summed E-state index contributed by atoms with van der Waals surface area (Å²) in [6.07, 6.45) is 0. The second-order valence-electron chi connectivity index (χ2n) is 4.53. The van der Waals surface area contributed by atoms with Gasteiger partial charge in [-0.1, -0.05) is 29.4 Å². The fourth-order valence-corrected chi connectivity index (χ4v) is 2.73. The van der Waals surface area contributed by atoms with Crippen LogP contribution < -0.4 is 10.5 Å². The summed E-state index contributed by atoms with van der Waals surface area (Å²) in [4.78, 5) is 0. The van der Waals surface area contributed by atoms with Crippen molar-refractivity contribution in [3.8, 4) is 0 Å². The van der Waals surface area contributed by atoms with Gasteiger partial charge in [-0.2, -0.15) is 0 Å². The Morgan fingerprint density at radius 2 is 1.90 bits per heavy atom. The number of hydrogen-bond acceptors (Lipinski definition) is 5. The maximum absolute atomic E-state index is 11.9. The zero-order valence-electron chi connectivity index (χ0n) is 11.2. The number of rotatable bonds is 6. The van der Waals surface area contributed by atoms with Crippen molar-refractivity contribution >= 4 is 10.0 Å². The van der Waals surface area contributed by atoms with E-state index < -0.39 is 10.0 Å². The molecule has 0 bridgehead atoms. The van der Waals surface area contributed by atoms with Crippen molar-refractivity contribution < 1.29 is 12.9 Å². The van der Waals surface area contributed by atoms with E-state index in [2.05, 4.69) is 9.88 Å². The average Bonchev–Trinajstić information content (AvgIpc) is 2.82. The smallest absolute Gasteiger partial charge is 0.217 e. The van der Waals surface area contributed by atoms with Gasteiger partial charge in [0.2, 0.25) is 10.0 Å². The second-order valence-corrected chi connectivity index (χ2v) is 6.34. The number of sulfonamides is 1. The molecule has 3 N–H and O–H groups in total. The van der Waals surface area contributed by atoms with Crippen LogP contribution in [-0.2, 0) is 28.9 Å². The molecule has 0 radical (unpaired) electrons. The highest BCUT2D eigenvalue weighted by Gasteiger charge is 2.14. The quantitative estimate of drug-likeness (QED) is 0.830. The highest BCUT2D eigenvalue weighted by Crippen LogP contribution is 2.07. The van der Waals surface area contributed by atoms with E-state index in [0.717, 1.165) is 11.1 Å². The number of nitrogens with zero attached hydrogens (tertiary/aromatic N) is 1. The molecular weight excluding hydrogens is 278 g/mol. The van der Waals surface area contributed by atoms with Crippen molar-refractivity contribution in [2.45, 2.75) is 25.8 Å². The number of nitrogens with two attached hydrogens (primary N) is 1. The second kappa shape index (κ2) is 6.17. The lowest BCUT2D eigenvalue weighted by atomic mass is 10.1. The molecule has 0 aliphatic heterocycles. The fourth-order valence-electron chi connectivity index (χ4n) is 1.72. The zero-order valence-corrected chi connectivity index (χ0v) is 12.0. The molecule has 0 saturated carbocycles. The molecule has 0 spiro atoms. The Morgan fingerprint density at radius 1 is 1.25 bits per heavy atom. The predicted molar refractivity (Wildman–Crippen MR) is 75.0 cm³/mol. The maximum Gasteiger partial charge on any atom is 0.217 e. The minimum absolute atomic E-state index is 0.189. The van der Waals surface area contributed by atoms with E-state index in [9.17, 15) is 8.42 Å². The van der Waals surface area contributed by atoms with E-state index in [1.807, 2.05) is 24.3 Å². The van der Waals surface area contributed by atoms with Crippen LogP contribution >= 0.6 is 0 Å². The fraction of sp³-hybridized carbons (Fsp3) is 0.308. The molecule has 2 rings (SSSR count). The summed E-state index contributed by atoms with van der Waals surface area (Å²) in [7, 11) is -3.43. The topological polar surface area (TPSA) is 98.2 Å². The van der Waals surface area contributed by atoms with Crippen LogP contribution in [0.3, 0.4) is 0 Å². The molecule has 2 aromatic rings. The molecule has 1 heterocycles. The van der Waals surface area contributed by atoms with E-state index in [0.29, 0.717) is 18.0 Å². The van der Waals surface area contributed by atoms with Crippen LogP contribution in [-0.4, -0.2) is 13.6 Å². The Hall–Kier alpha value is -1.70. The molecule has 6 nitrogen and oxygen atoms in total. The Labute approximate surface area is 118 Å². The lowest BCUT2D eigenvalue weighted by Crippen LogP contribution is -2.24. The molecule has 1 aromatic carbocycles. The van der Waals surface area contributed by atoms with Gasteiger partial charge in [-0.15, -0.1) is 0 Å². The third-order valence-corrected chi connectivity index (χ3v) is 4.03. The van der Waals surface area contributed by atoms with Gasteiger partial charge >= 0.3 is 0 Å². The number of aryl methyl sites for hydroxylation is 1. The molecule has 0 saturated heterocycles. The van der Waals surface area contributed by atoms with Crippen LogP contribution in [0.5, 0.6) is 0 Å². The van der Waals surface area contributed by atoms with Gasteiger partial charge in [0.15, 0.2) is 0 Å². The van der Waals surface area contributed by atoms with Crippen LogP contribution in [0.1, 0.15) is 22.6 Å². The molecule has 1 aromatic heterocycles. The van der Waals surface area contributed by atoms with Gasteiger partial charge in [-0.3, -0.25) is 0 Å². The van der Waals surface area contributed by atoms with Crippen molar-refractivity contribution in [1.82, 2.24) is 9.88 Å². The van der Waals surface area contributed by atoms with Crippen LogP contribution in [0.15, 0.2) is 34.9 Å². The van der Waals surface area contributed by atoms with Crippen LogP contribution in [0.2, 0.25) is 0 Å². The van der Waals surface area contributed by atoms with Gasteiger partial charge in [0.25, 0.3) is 0 Å². The van der Waals surface area contributed by atoms with Gasteiger partial charge in [0, 0.05) is 19.2 Å². The van der Waals surface area contributed by atoms with Crippen molar-refractivity contribution in [1.29, 1.82) is 0 Å². The summed E-state index contributed by atoms with van der Waals surface area (Å²) in [6, 6.07) is 9.07. The Bertz CT molecular complexity index is 662. The lowest BCUT2D eigenvalue weighted by Gasteiger charge is -2.06. The van der Waals surface area contributed by atoms with Crippen LogP contribution in [0.25, 0.3) is 0 Å². The average molecular weight is 295 g/mol. The maximum atomic E-state index is 11.9. The van der Waals surface area contributed by atoms with E-state index >= 15 is 0 Å². The molecule has 108 valence electrons. The van der Waals surface area contributed by atoms with Crippen molar-refractivity contribution in [2.75, 3.05) is 0 Å².